The van der Waals surface area contributed by atoms with Gasteiger partial charge in [-0.05, 0) is 47.6 Å². The van der Waals surface area contributed by atoms with Crippen LogP contribution in [0.3, 0.4) is 0 Å². The minimum absolute atomic E-state index is 0.0263. The number of carbonyl (C=O) groups is 3. The maximum atomic E-state index is 14.7. The number of aliphatic hydroxyl groups is 1. The summed E-state index contributed by atoms with van der Waals surface area (Å²) in [4.78, 5) is 44.6. The molecule has 0 radical (unpaired) electrons. The van der Waals surface area contributed by atoms with Gasteiger partial charge >= 0.3 is 5.97 Å². The maximum Gasteiger partial charge on any atom is 0.308 e. The summed E-state index contributed by atoms with van der Waals surface area (Å²) in [6.07, 6.45) is 2.84. The monoisotopic (exact) mass is 536 g/mol. The van der Waals surface area contributed by atoms with Crippen LogP contribution in [0.5, 0.6) is 0 Å². The number of thioether (sulfide) groups is 1. The lowest BCUT2D eigenvalue weighted by Gasteiger charge is -2.42. The van der Waals surface area contributed by atoms with Crippen molar-refractivity contribution >= 4 is 46.0 Å². The summed E-state index contributed by atoms with van der Waals surface area (Å²) in [6.45, 7) is 9.92. The lowest BCUT2D eigenvalue weighted by molar-refractivity contribution is -0.149. The van der Waals surface area contributed by atoms with E-state index in [0.29, 0.717) is 18.5 Å². The van der Waals surface area contributed by atoms with Crippen molar-refractivity contribution in [2.75, 3.05) is 18.1 Å². The van der Waals surface area contributed by atoms with Crippen molar-refractivity contribution < 1.29 is 24.6 Å². The number of rotatable bonds is 9. The van der Waals surface area contributed by atoms with Crippen molar-refractivity contribution in [1.29, 1.82) is 0 Å². The van der Waals surface area contributed by atoms with Gasteiger partial charge in [-0.15, -0.1) is 18.3 Å². The maximum absolute atomic E-state index is 14.7. The van der Waals surface area contributed by atoms with Crippen LogP contribution in [0, 0.1) is 23.7 Å². The number of carbonyl (C=O) groups excluding carboxylic acids is 2. The van der Waals surface area contributed by atoms with Crippen molar-refractivity contribution in [3.8, 4) is 0 Å². The average molecular weight is 537 g/mol. The van der Waals surface area contributed by atoms with Crippen molar-refractivity contribution in [3.05, 3.63) is 55.1 Å². The second-order valence-corrected chi connectivity index (χ2v) is 12.9. The Bertz CT molecular complexity index is 1280. The average Bonchev–Trinajstić information content (AvgIpc) is 3.48. The minimum atomic E-state index is -0.982. The van der Waals surface area contributed by atoms with Gasteiger partial charge in [0, 0.05) is 17.5 Å². The van der Waals surface area contributed by atoms with Gasteiger partial charge in [0.25, 0.3) is 5.91 Å². The summed E-state index contributed by atoms with van der Waals surface area (Å²) in [5.41, 5.74) is 0.699. The molecule has 3 fully saturated rings. The second-order valence-electron chi connectivity index (χ2n) is 11.4. The van der Waals surface area contributed by atoms with Gasteiger partial charge in [-0.3, -0.25) is 14.4 Å². The zero-order valence-corrected chi connectivity index (χ0v) is 22.9. The van der Waals surface area contributed by atoms with Crippen LogP contribution in [-0.4, -0.2) is 68.1 Å². The summed E-state index contributed by atoms with van der Waals surface area (Å²) in [5.74, 6) is -3.02. The lowest BCUT2D eigenvalue weighted by Crippen LogP contribution is -2.59. The molecule has 8 heteroatoms. The van der Waals surface area contributed by atoms with Crippen LogP contribution in [0.15, 0.2) is 55.1 Å². The number of hydrogen-bond acceptors (Lipinski definition) is 5. The third-order valence-corrected chi connectivity index (χ3v) is 10.7. The zero-order valence-electron chi connectivity index (χ0n) is 22.1. The van der Waals surface area contributed by atoms with Crippen molar-refractivity contribution in [3.63, 3.8) is 0 Å². The number of benzene rings is 2. The SMILES string of the molecule is C=CCN(C(=O)C1N([C@@H](CO)CC(C)C)C(=O)[C@@H]2[C@@H](C(=O)O)[C@H]3CC(C)C12S3)c1ccc2ccccc2c1. The number of nitrogens with zero attached hydrogens (tertiary/aromatic N) is 2. The Morgan fingerprint density at radius 3 is 2.58 bits per heavy atom. The molecule has 0 saturated carbocycles. The van der Waals surface area contributed by atoms with Crippen LogP contribution in [0.1, 0.15) is 33.6 Å². The fourth-order valence-corrected chi connectivity index (χ4v) is 9.57. The van der Waals surface area contributed by atoms with Gasteiger partial charge in [-0.2, -0.15) is 0 Å². The van der Waals surface area contributed by atoms with Gasteiger partial charge in [0.05, 0.1) is 29.2 Å². The third kappa shape index (κ3) is 3.95. The Hall–Kier alpha value is -2.84. The van der Waals surface area contributed by atoms with E-state index in [4.69, 9.17) is 0 Å². The minimum Gasteiger partial charge on any atom is -0.481 e. The van der Waals surface area contributed by atoms with E-state index in [-0.39, 0.29) is 42.1 Å². The normalized spacial score (nSPS) is 30.6. The Kier molecular flexibility index (Phi) is 7.07. The van der Waals surface area contributed by atoms with Gasteiger partial charge in [-0.1, -0.05) is 57.2 Å². The van der Waals surface area contributed by atoms with Gasteiger partial charge in [0.15, 0.2) is 0 Å². The molecule has 3 heterocycles. The van der Waals surface area contributed by atoms with Crippen LogP contribution in [-0.2, 0) is 14.4 Å². The van der Waals surface area contributed by atoms with E-state index in [1.807, 2.05) is 63.2 Å². The molecule has 7 nitrogen and oxygen atoms in total. The number of carboxylic acid groups (broad SMARTS) is 1. The number of carboxylic acids is 1. The fraction of sp³-hybridized carbons (Fsp3) is 0.500. The summed E-state index contributed by atoms with van der Waals surface area (Å²) in [6, 6.07) is 12.3. The number of amides is 2. The summed E-state index contributed by atoms with van der Waals surface area (Å²) < 4.78 is -0.859. The first kappa shape index (κ1) is 26.8. The number of anilines is 1. The molecule has 3 aliphatic rings. The quantitative estimate of drug-likeness (QED) is 0.467. The molecule has 38 heavy (non-hydrogen) atoms. The third-order valence-electron chi connectivity index (χ3n) is 8.67. The van der Waals surface area contributed by atoms with E-state index in [2.05, 4.69) is 6.58 Å². The summed E-state index contributed by atoms with van der Waals surface area (Å²) in [5, 5.41) is 22.4. The predicted molar refractivity (Wildman–Crippen MR) is 150 cm³/mol. The summed E-state index contributed by atoms with van der Waals surface area (Å²) in [7, 11) is 0. The molecule has 2 aromatic rings. The van der Waals surface area contributed by atoms with E-state index in [0.717, 1.165) is 10.8 Å². The topological polar surface area (TPSA) is 98.2 Å². The van der Waals surface area contributed by atoms with Crippen LogP contribution >= 0.6 is 11.8 Å². The van der Waals surface area contributed by atoms with E-state index >= 15 is 0 Å². The predicted octanol–water partition coefficient (Wildman–Crippen LogP) is 4.19. The smallest absolute Gasteiger partial charge is 0.308 e. The Morgan fingerprint density at radius 1 is 1.24 bits per heavy atom. The summed E-state index contributed by atoms with van der Waals surface area (Å²) >= 11 is 1.52. The van der Waals surface area contributed by atoms with Crippen molar-refractivity contribution in [2.24, 2.45) is 23.7 Å². The number of fused-ring (bicyclic) bond motifs is 2. The fourth-order valence-electron chi connectivity index (χ4n) is 7.18. The van der Waals surface area contributed by atoms with Crippen LogP contribution in [0.4, 0.5) is 5.69 Å². The zero-order chi connectivity index (χ0) is 27.4. The van der Waals surface area contributed by atoms with Gasteiger partial charge in [0.1, 0.15) is 6.04 Å². The molecule has 3 unspecified atom stereocenters. The van der Waals surface area contributed by atoms with E-state index in [1.165, 1.54) is 11.8 Å². The molecule has 3 saturated heterocycles. The molecule has 202 valence electrons. The Morgan fingerprint density at radius 2 is 1.95 bits per heavy atom. The largest absolute Gasteiger partial charge is 0.481 e. The second kappa shape index (κ2) is 10.0. The first-order chi connectivity index (χ1) is 18.1. The lowest BCUT2D eigenvalue weighted by atomic mass is 9.66. The number of aliphatic carboxylic acids is 1. The molecule has 2 aromatic carbocycles. The highest BCUT2D eigenvalue weighted by atomic mass is 32.2. The molecular formula is C30H36N2O5S. The standard InChI is InChI=1S/C30H36N2O5S/c1-5-12-31(21-11-10-19-8-6-7-9-20(19)15-21)28(35)26-30-18(4)14-23(38-30)24(29(36)37)25(30)27(34)32(26)22(16-33)13-17(2)3/h5-11,15,17-18,22-26,33H,1,12-14,16H2,2-4H3,(H,36,37)/t18?,22-,23-,24+,25+,26?,30?/m1/s1. The molecule has 2 bridgehead atoms. The molecule has 2 N–H and O–H groups in total. The van der Waals surface area contributed by atoms with Gasteiger partial charge in [-0.25, -0.2) is 0 Å². The highest BCUT2D eigenvalue weighted by Gasteiger charge is 2.77. The van der Waals surface area contributed by atoms with E-state index in [9.17, 15) is 24.6 Å². The number of likely N-dealkylation sites (tertiary alicyclic amines) is 1. The molecule has 0 aliphatic carbocycles. The van der Waals surface area contributed by atoms with Crippen LogP contribution in [0.25, 0.3) is 10.8 Å². The van der Waals surface area contributed by atoms with Crippen molar-refractivity contribution in [1.82, 2.24) is 4.90 Å². The molecular weight excluding hydrogens is 500 g/mol. The van der Waals surface area contributed by atoms with E-state index < -0.39 is 34.6 Å². The highest BCUT2D eigenvalue weighted by molar-refractivity contribution is 8.02. The highest BCUT2D eigenvalue weighted by Crippen LogP contribution is 2.69. The molecule has 0 aromatic heterocycles. The first-order valence-electron chi connectivity index (χ1n) is 13.4. The van der Waals surface area contributed by atoms with Crippen molar-refractivity contribution in [2.45, 2.75) is 55.7 Å². The molecule has 2 amide bonds. The van der Waals surface area contributed by atoms with E-state index in [1.54, 1.807) is 15.9 Å². The first-order valence-corrected chi connectivity index (χ1v) is 14.3. The molecule has 5 rings (SSSR count). The van der Waals surface area contributed by atoms with Crippen LogP contribution < -0.4 is 4.90 Å². The number of aliphatic hydroxyl groups excluding tert-OH is 1. The molecule has 3 aliphatic heterocycles. The van der Waals surface area contributed by atoms with Gasteiger partial charge < -0.3 is 20.0 Å². The Labute approximate surface area is 227 Å². The van der Waals surface area contributed by atoms with Gasteiger partial charge in [0.2, 0.25) is 5.91 Å². The van der Waals surface area contributed by atoms with Crippen LogP contribution in [0.2, 0.25) is 0 Å². The number of hydrogen-bond donors (Lipinski definition) is 2. The molecule has 7 atom stereocenters. The molecule has 1 spiro atoms. The Balaban J connectivity index is 1.65.